The second kappa shape index (κ2) is 9.65. The van der Waals surface area contributed by atoms with Gasteiger partial charge >= 0.3 is 0 Å². The van der Waals surface area contributed by atoms with Crippen molar-refractivity contribution in [3.63, 3.8) is 0 Å². The van der Waals surface area contributed by atoms with Crippen molar-refractivity contribution < 1.29 is 9.53 Å². The zero-order chi connectivity index (χ0) is 20.8. The molecule has 0 amide bonds. The van der Waals surface area contributed by atoms with Gasteiger partial charge in [0.15, 0.2) is 5.78 Å². The Balaban J connectivity index is 1.50. The number of ketones is 1. The van der Waals surface area contributed by atoms with E-state index >= 15 is 0 Å². The molecule has 0 saturated heterocycles. The molecule has 3 rings (SSSR count). The van der Waals surface area contributed by atoms with Crippen molar-refractivity contribution in [3.05, 3.63) is 52.8 Å². The van der Waals surface area contributed by atoms with E-state index in [2.05, 4.69) is 30.1 Å². The number of nitrogens with zero attached hydrogens (tertiary/aromatic N) is 3. The van der Waals surface area contributed by atoms with Gasteiger partial charge in [-0.1, -0.05) is 20.8 Å². The van der Waals surface area contributed by atoms with Crippen molar-refractivity contribution in [1.82, 2.24) is 10.2 Å². The van der Waals surface area contributed by atoms with Gasteiger partial charge in [-0.3, -0.25) is 4.79 Å². The van der Waals surface area contributed by atoms with Gasteiger partial charge in [0.1, 0.15) is 11.4 Å². The molecule has 0 spiro atoms. The van der Waals surface area contributed by atoms with E-state index in [0.717, 1.165) is 49.1 Å². The van der Waals surface area contributed by atoms with Crippen LogP contribution in [0.25, 0.3) is 0 Å². The number of rotatable bonds is 7. The fraction of sp³-hybridized carbons (Fsp3) is 0.500. The molecule has 0 unspecified atom stereocenters. The molecule has 1 aliphatic rings. The predicted octanol–water partition coefficient (Wildman–Crippen LogP) is 5.24. The number of carbonyl (C=O) groups is 1. The van der Waals surface area contributed by atoms with E-state index in [9.17, 15) is 4.79 Å². The van der Waals surface area contributed by atoms with Crippen LogP contribution in [0.4, 0.5) is 0 Å². The largest absolute Gasteiger partial charge is 0.490 e. The van der Waals surface area contributed by atoms with Crippen LogP contribution in [0.1, 0.15) is 86.1 Å². The van der Waals surface area contributed by atoms with Gasteiger partial charge in [-0.2, -0.15) is 10.4 Å². The van der Waals surface area contributed by atoms with Crippen molar-refractivity contribution in [2.24, 2.45) is 5.92 Å². The molecule has 1 fully saturated rings. The monoisotopic (exact) mass is 391 g/mol. The fourth-order valence-corrected chi connectivity index (χ4v) is 3.86. The summed E-state index contributed by atoms with van der Waals surface area (Å²) in [6.07, 6.45) is 5.35. The normalized spacial score (nSPS) is 19.0. The molecule has 0 N–H and O–H groups in total. The van der Waals surface area contributed by atoms with Crippen molar-refractivity contribution >= 4 is 5.78 Å². The highest BCUT2D eigenvalue weighted by molar-refractivity contribution is 5.94. The van der Waals surface area contributed by atoms with Crippen LogP contribution < -0.4 is 4.74 Å². The first-order valence-electron chi connectivity index (χ1n) is 10.6. The zero-order valence-corrected chi connectivity index (χ0v) is 17.5. The Morgan fingerprint density at radius 2 is 1.93 bits per heavy atom. The lowest BCUT2D eigenvalue weighted by molar-refractivity contribution is 0.0896. The molecule has 0 aliphatic heterocycles. The fourth-order valence-electron chi connectivity index (χ4n) is 3.86. The summed E-state index contributed by atoms with van der Waals surface area (Å²) < 4.78 is 6.15. The van der Waals surface area contributed by atoms with Gasteiger partial charge in [0.25, 0.3) is 0 Å². The quantitative estimate of drug-likeness (QED) is 0.603. The number of hydrogen-bond donors (Lipinski definition) is 0. The van der Waals surface area contributed by atoms with Crippen molar-refractivity contribution in [3.8, 4) is 11.8 Å². The molecular weight excluding hydrogens is 362 g/mol. The summed E-state index contributed by atoms with van der Waals surface area (Å²) in [4.78, 5) is 12.5. The summed E-state index contributed by atoms with van der Waals surface area (Å²) >= 11 is 0. The molecule has 2 aromatic rings. The third-order valence-corrected chi connectivity index (χ3v) is 5.71. The van der Waals surface area contributed by atoms with Crippen LogP contribution in [0.15, 0.2) is 30.3 Å². The summed E-state index contributed by atoms with van der Waals surface area (Å²) in [5, 5.41) is 17.4. The zero-order valence-electron chi connectivity index (χ0n) is 17.5. The summed E-state index contributed by atoms with van der Waals surface area (Å²) in [6.45, 7) is 6.17. The van der Waals surface area contributed by atoms with E-state index in [-0.39, 0.29) is 11.9 Å². The molecule has 1 aliphatic carbocycles. The number of hydrogen-bond acceptors (Lipinski definition) is 5. The second-order valence-corrected chi connectivity index (χ2v) is 8.17. The lowest BCUT2D eigenvalue weighted by Gasteiger charge is -2.28. The van der Waals surface area contributed by atoms with Crippen LogP contribution in [0, 0.1) is 17.2 Å². The Labute approximate surface area is 173 Å². The van der Waals surface area contributed by atoms with Crippen molar-refractivity contribution in [2.45, 2.75) is 71.3 Å². The third-order valence-electron chi connectivity index (χ3n) is 5.71. The van der Waals surface area contributed by atoms with E-state index in [1.807, 2.05) is 31.2 Å². The maximum Gasteiger partial charge on any atom is 0.183 e. The number of nitriles is 1. The van der Waals surface area contributed by atoms with Crippen LogP contribution in [-0.2, 0) is 6.42 Å². The van der Waals surface area contributed by atoms with E-state index in [1.165, 1.54) is 0 Å². The first-order chi connectivity index (χ1) is 14.0. The molecule has 5 heteroatoms. The molecule has 29 heavy (non-hydrogen) atoms. The van der Waals surface area contributed by atoms with Crippen LogP contribution in [0.3, 0.4) is 0 Å². The standard InChI is InChI=1S/C24H29N3O2/c1-4-18-14-21(10-7-19(18)15-25)29-20-8-5-17(6-9-20)13-24(28)23-12-11-22(16(2)3)26-27-23/h7,10-12,14,16-17,20H,4-6,8-9,13H2,1-3H3. The maximum atomic E-state index is 12.5. The van der Waals surface area contributed by atoms with Gasteiger partial charge in [-0.15, -0.1) is 5.10 Å². The minimum absolute atomic E-state index is 0.0804. The Hall–Kier alpha value is -2.74. The summed E-state index contributed by atoms with van der Waals surface area (Å²) in [5.41, 5.74) is 3.12. The molecule has 1 aromatic heterocycles. The number of aromatic nitrogens is 2. The number of aryl methyl sites for hydroxylation is 1. The highest BCUT2D eigenvalue weighted by Gasteiger charge is 2.25. The summed E-state index contributed by atoms with van der Waals surface area (Å²) in [5.74, 6) is 1.60. The second-order valence-electron chi connectivity index (χ2n) is 8.17. The van der Waals surface area contributed by atoms with Crippen molar-refractivity contribution in [1.29, 1.82) is 5.26 Å². The smallest absolute Gasteiger partial charge is 0.183 e. The number of Topliss-reactive ketones (excluding diaryl/α,β-unsaturated/α-hetero) is 1. The maximum absolute atomic E-state index is 12.5. The van der Waals surface area contributed by atoms with Gasteiger partial charge in [-0.25, -0.2) is 0 Å². The highest BCUT2D eigenvalue weighted by atomic mass is 16.5. The SMILES string of the molecule is CCc1cc(OC2CCC(CC(=O)c3ccc(C(C)C)nn3)CC2)ccc1C#N. The molecule has 1 saturated carbocycles. The Bertz CT molecular complexity index is 876. The van der Waals surface area contributed by atoms with Gasteiger partial charge < -0.3 is 4.74 Å². The van der Waals surface area contributed by atoms with E-state index < -0.39 is 0 Å². The first kappa shape index (κ1) is 21.0. The van der Waals surface area contributed by atoms with E-state index in [1.54, 1.807) is 6.07 Å². The third kappa shape index (κ3) is 5.41. The van der Waals surface area contributed by atoms with Gasteiger partial charge in [0.2, 0.25) is 0 Å². The minimum atomic E-state index is 0.0804. The predicted molar refractivity (Wildman–Crippen MR) is 112 cm³/mol. The Kier molecular flexibility index (Phi) is 6.98. The molecular formula is C24H29N3O2. The summed E-state index contributed by atoms with van der Waals surface area (Å²) in [6, 6.07) is 11.6. The van der Waals surface area contributed by atoms with Gasteiger partial charge in [-0.05, 0) is 79.8 Å². The Morgan fingerprint density at radius 1 is 1.17 bits per heavy atom. The molecule has 0 bridgehead atoms. The summed E-state index contributed by atoms with van der Waals surface area (Å²) in [7, 11) is 0. The average Bonchev–Trinajstić information content (AvgIpc) is 2.75. The van der Waals surface area contributed by atoms with Crippen LogP contribution in [0.5, 0.6) is 5.75 Å². The molecule has 0 radical (unpaired) electrons. The van der Waals surface area contributed by atoms with E-state index in [0.29, 0.717) is 29.5 Å². The molecule has 0 atom stereocenters. The number of ether oxygens (including phenoxy) is 1. The van der Waals surface area contributed by atoms with Crippen molar-refractivity contribution in [2.75, 3.05) is 0 Å². The van der Waals surface area contributed by atoms with Crippen LogP contribution in [-0.4, -0.2) is 22.1 Å². The first-order valence-corrected chi connectivity index (χ1v) is 10.6. The van der Waals surface area contributed by atoms with Gasteiger partial charge in [0, 0.05) is 6.42 Å². The van der Waals surface area contributed by atoms with Crippen LogP contribution in [0.2, 0.25) is 0 Å². The number of carbonyl (C=O) groups excluding carboxylic acids is 1. The minimum Gasteiger partial charge on any atom is -0.490 e. The average molecular weight is 392 g/mol. The lowest BCUT2D eigenvalue weighted by Crippen LogP contribution is -2.25. The molecule has 5 nitrogen and oxygen atoms in total. The van der Waals surface area contributed by atoms with E-state index in [4.69, 9.17) is 10.00 Å². The van der Waals surface area contributed by atoms with Crippen LogP contribution >= 0.6 is 0 Å². The molecule has 1 aromatic carbocycles. The van der Waals surface area contributed by atoms with Gasteiger partial charge in [0.05, 0.1) is 23.4 Å². The lowest BCUT2D eigenvalue weighted by atomic mass is 9.84. The molecule has 1 heterocycles. The topological polar surface area (TPSA) is 75.9 Å². The highest BCUT2D eigenvalue weighted by Crippen LogP contribution is 2.31. The Morgan fingerprint density at radius 3 is 2.52 bits per heavy atom. The molecule has 152 valence electrons. The number of benzene rings is 1.